The SMILES string of the molecule is CC(NCc1ncon1)c1cnccn1. The van der Waals surface area contributed by atoms with Crippen LogP contribution in [-0.4, -0.2) is 20.1 Å². The second-order valence-corrected chi connectivity index (χ2v) is 3.08. The first-order valence-electron chi connectivity index (χ1n) is 4.61. The van der Waals surface area contributed by atoms with E-state index in [0.29, 0.717) is 12.4 Å². The summed E-state index contributed by atoms with van der Waals surface area (Å²) in [5, 5.41) is 6.91. The lowest BCUT2D eigenvalue weighted by Crippen LogP contribution is -2.19. The van der Waals surface area contributed by atoms with Crippen molar-refractivity contribution in [2.45, 2.75) is 19.5 Å². The van der Waals surface area contributed by atoms with E-state index >= 15 is 0 Å². The zero-order valence-corrected chi connectivity index (χ0v) is 8.29. The van der Waals surface area contributed by atoms with E-state index in [1.807, 2.05) is 6.92 Å². The Kier molecular flexibility index (Phi) is 2.99. The van der Waals surface area contributed by atoms with Crippen molar-refractivity contribution in [1.29, 1.82) is 0 Å². The van der Waals surface area contributed by atoms with Crippen LogP contribution in [0.4, 0.5) is 0 Å². The van der Waals surface area contributed by atoms with Gasteiger partial charge in [0.25, 0.3) is 0 Å². The molecular weight excluding hydrogens is 194 g/mol. The van der Waals surface area contributed by atoms with Gasteiger partial charge in [-0.25, -0.2) is 0 Å². The standard InChI is InChI=1S/C9H11N5O/c1-7(8-4-10-2-3-11-8)12-5-9-13-6-15-14-9/h2-4,6-7,12H,5H2,1H3. The molecule has 1 unspecified atom stereocenters. The van der Waals surface area contributed by atoms with Gasteiger partial charge in [0.05, 0.1) is 12.2 Å². The third-order valence-electron chi connectivity index (χ3n) is 2.00. The maximum Gasteiger partial charge on any atom is 0.213 e. The molecule has 0 aliphatic rings. The maximum atomic E-state index is 4.62. The van der Waals surface area contributed by atoms with E-state index in [-0.39, 0.29) is 6.04 Å². The predicted molar refractivity (Wildman–Crippen MR) is 51.6 cm³/mol. The highest BCUT2D eigenvalue weighted by molar-refractivity contribution is 5.00. The van der Waals surface area contributed by atoms with E-state index in [1.54, 1.807) is 18.6 Å². The van der Waals surface area contributed by atoms with Crippen LogP contribution < -0.4 is 5.32 Å². The van der Waals surface area contributed by atoms with Gasteiger partial charge in [-0.1, -0.05) is 5.16 Å². The summed E-state index contributed by atoms with van der Waals surface area (Å²) < 4.78 is 4.62. The average Bonchev–Trinajstić information content (AvgIpc) is 2.80. The first-order valence-corrected chi connectivity index (χ1v) is 4.61. The molecule has 2 aromatic heterocycles. The summed E-state index contributed by atoms with van der Waals surface area (Å²) in [7, 11) is 0. The Morgan fingerprint density at radius 2 is 2.33 bits per heavy atom. The van der Waals surface area contributed by atoms with Gasteiger partial charge in [-0.05, 0) is 6.92 Å². The minimum Gasteiger partial charge on any atom is -0.343 e. The Labute approximate surface area is 86.8 Å². The summed E-state index contributed by atoms with van der Waals surface area (Å²) in [4.78, 5) is 12.1. The normalized spacial score (nSPS) is 12.6. The lowest BCUT2D eigenvalue weighted by atomic mass is 10.2. The Hall–Kier alpha value is -1.82. The van der Waals surface area contributed by atoms with Crippen LogP contribution in [0.15, 0.2) is 29.5 Å². The Balaban J connectivity index is 1.90. The van der Waals surface area contributed by atoms with Crippen LogP contribution >= 0.6 is 0 Å². The van der Waals surface area contributed by atoms with Gasteiger partial charge < -0.3 is 9.84 Å². The van der Waals surface area contributed by atoms with Crippen molar-refractivity contribution < 1.29 is 4.52 Å². The number of nitrogens with zero attached hydrogens (tertiary/aromatic N) is 4. The molecule has 0 aliphatic heterocycles. The highest BCUT2D eigenvalue weighted by Gasteiger charge is 2.07. The lowest BCUT2D eigenvalue weighted by molar-refractivity contribution is 0.404. The molecule has 1 atom stereocenters. The average molecular weight is 205 g/mol. The molecule has 2 aromatic rings. The second kappa shape index (κ2) is 4.61. The van der Waals surface area contributed by atoms with Crippen molar-refractivity contribution in [3.05, 3.63) is 36.5 Å². The fourth-order valence-electron chi connectivity index (χ4n) is 1.15. The minimum absolute atomic E-state index is 0.109. The summed E-state index contributed by atoms with van der Waals surface area (Å²) in [6, 6.07) is 0.109. The van der Waals surface area contributed by atoms with Gasteiger partial charge in [0.1, 0.15) is 0 Å². The lowest BCUT2D eigenvalue weighted by Gasteiger charge is -2.10. The molecule has 78 valence electrons. The molecule has 2 heterocycles. The monoisotopic (exact) mass is 205 g/mol. The molecule has 0 radical (unpaired) electrons. The summed E-state index contributed by atoms with van der Waals surface area (Å²) in [6.45, 7) is 2.55. The molecule has 0 spiro atoms. The fourth-order valence-corrected chi connectivity index (χ4v) is 1.15. The van der Waals surface area contributed by atoms with Gasteiger partial charge in [0.15, 0.2) is 5.82 Å². The van der Waals surface area contributed by atoms with Gasteiger partial charge in [0, 0.05) is 24.6 Å². The summed E-state index contributed by atoms with van der Waals surface area (Å²) in [5.41, 5.74) is 0.890. The van der Waals surface area contributed by atoms with E-state index in [0.717, 1.165) is 5.69 Å². The van der Waals surface area contributed by atoms with Crippen molar-refractivity contribution in [2.24, 2.45) is 0 Å². The van der Waals surface area contributed by atoms with Crippen LogP contribution in [0.1, 0.15) is 24.5 Å². The molecule has 0 aromatic carbocycles. The van der Waals surface area contributed by atoms with Crippen molar-refractivity contribution in [3.8, 4) is 0 Å². The maximum absolute atomic E-state index is 4.62. The first kappa shape index (κ1) is 9.72. The highest BCUT2D eigenvalue weighted by Crippen LogP contribution is 2.06. The van der Waals surface area contributed by atoms with Gasteiger partial charge in [0.2, 0.25) is 6.39 Å². The number of aromatic nitrogens is 4. The largest absolute Gasteiger partial charge is 0.343 e. The molecular formula is C9H11N5O. The molecule has 0 saturated heterocycles. The number of nitrogens with one attached hydrogen (secondary N) is 1. The van der Waals surface area contributed by atoms with Crippen LogP contribution in [0.3, 0.4) is 0 Å². The second-order valence-electron chi connectivity index (χ2n) is 3.08. The van der Waals surface area contributed by atoms with E-state index < -0.39 is 0 Å². The quantitative estimate of drug-likeness (QED) is 0.792. The van der Waals surface area contributed by atoms with Gasteiger partial charge in [-0.15, -0.1) is 0 Å². The number of hydrogen-bond acceptors (Lipinski definition) is 6. The third kappa shape index (κ3) is 2.57. The first-order chi connectivity index (χ1) is 7.36. The molecule has 0 aliphatic carbocycles. The Morgan fingerprint density at radius 3 is 3.00 bits per heavy atom. The van der Waals surface area contributed by atoms with Crippen molar-refractivity contribution in [2.75, 3.05) is 0 Å². The van der Waals surface area contributed by atoms with E-state index in [1.165, 1.54) is 6.39 Å². The molecule has 6 heteroatoms. The van der Waals surface area contributed by atoms with Crippen LogP contribution in [-0.2, 0) is 6.54 Å². The fraction of sp³-hybridized carbons (Fsp3) is 0.333. The molecule has 2 rings (SSSR count). The molecule has 0 saturated carbocycles. The zero-order valence-electron chi connectivity index (χ0n) is 8.29. The highest BCUT2D eigenvalue weighted by atomic mass is 16.5. The van der Waals surface area contributed by atoms with Crippen LogP contribution in [0.2, 0.25) is 0 Å². The predicted octanol–water partition coefficient (Wildman–Crippen LogP) is 0.710. The van der Waals surface area contributed by atoms with E-state index in [2.05, 4.69) is 29.9 Å². The Bertz CT molecular complexity index is 388. The molecule has 1 N–H and O–H groups in total. The Morgan fingerprint density at radius 1 is 1.40 bits per heavy atom. The smallest absolute Gasteiger partial charge is 0.213 e. The minimum atomic E-state index is 0.109. The molecule has 0 fully saturated rings. The summed E-state index contributed by atoms with van der Waals surface area (Å²) in [5.74, 6) is 0.630. The van der Waals surface area contributed by atoms with Crippen LogP contribution in [0.5, 0.6) is 0 Å². The molecule has 0 amide bonds. The van der Waals surface area contributed by atoms with Crippen LogP contribution in [0.25, 0.3) is 0 Å². The summed E-state index contributed by atoms with van der Waals surface area (Å²) in [6.07, 6.45) is 6.36. The van der Waals surface area contributed by atoms with Crippen molar-refractivity contribution >= 4 is 0 Å². The van der Waals surface area contributed by atoms with E-state index in [9.17, 15) is 0 Å². The number of hydrogen-bond donors (Lipinski definition) is 1. The van der Waals surface area contributed by atoms with Gasteiger partial charge >= 0.3 is 0 Å². The van der Waals surface area contributed by atoms with Crippen molar-refractivity contribution in [3.63, 3.8) is 0 Å². The van der Waals surface area contributed by atoms with Gasteiger partial charge in [-0.3, -0.25) is 9.97 Å². The topological polar surface area (TPSA) is 76.7 Å². The molecule has 6 nitrogen and oxygen atoms in total. The van der Waals surface area contributed by atoms with Crippen molar-refractivity contribution in [1.82, 2.24) is 25.4 Å². The third-order valence-corrected chi connectivity index (χ3v) is 2.00. The van der Waals surface area contributed by atoms with Gasteiger partial charge in [-0.2, -0.15) is 4.98 Å². The molecule has 0 bridgehead atoms. The number of rotatable bonds is 4. The zero-order chi connectivity index (χ0) is 10.5. The van der Waals surface area contributed by atoms with Crippen LogP contribution in [0, 0.1) is 0 Å². The molecule has 15 heavy (non-hydrogen) atoms. The summed E-state index contributed by atoms with van der Waals surface area (Å²) >= 11 is 0. The van der Waals surface area contributed by atoms with E-state index in [4.69, 9.17) is 0 Å².